The molecule has 0 bridgehead atoms. The van der Waals surface area contributed by atoms with Crippen LogP contribution in [0.3, 0.4) is 0 Å². The van der Waals surface area contributed by atoms with Crippen LogP contribution in [0, 0.1) is 5.92 Å². The molecule has 6 heteroatoms. The second kappa shape index (κ2) is 9.28. The molecular weight excluding hydrogens is 358 g/mol. The van der Waals surface area contributed by atoms with Crippen molar-refractivity contribution in [2.45, 2.75) is 32.1 Å². The largest absolute Gasteiger partial charge is 0.332 e. The highest BCUT2D eigenvalue weighted by molar-refractivity contribution is 7.80. The molecule has 0 aliphatic heterocycles. The highest BCUT2D eigenvalue weighted by Gasteiger charge is 2.22. The van der Waals surface area contributed by atoms with Crippen LogP contribution in [0.2, 0.25) is 0 Å². The standard InChI is InChI=1S/C21H23N3O2S/c25-19(15-9-3-1-4-10-15)24-21(27)23-18-14-8-7-13-17(18)20(26)22-16-11-5-2-6-12-16/h2,5-8,11-15H,1,3-4,9-10H2,(H,22,26)(H2,23,24,25,27). The van der Waals surface area contributed by atoms with Crippen molar-refractivity contribution in [1.29, 1.82) is 0 Å². The minimum Gasteiger partial charge on any atom is -0.332 e. The lowest BCUT2D eigenvalue weighted by atomic mass is 9.89. The van der Waals surface area contributed by atoms with Gasteiger partial charge in [0.15, 0.2) is 5.11 Å². The highest BCUT2D eigenvalue weighted by Crippen LogP contribution is 2.23. The maximum atomic E-state index is 12.6. The monoisotopic (exact) mass is 381 g/mol. The van der Waals surface area contributed by atoms with Crippen LogP contribution >= 0.6 is 12.2 Å². The topological polar surface area (TPSA) is 70.2 Å². The Kier molecular flexibility index (Phi) is 6.54. The van der Waals surface area contributed by atoms with Gasteiger partial charge in [-0.25, -0.2) is 0 Å². The van der Waals surface area contributed by atoms with Gasteiger partial charge in [0.2, 0.25) is 5.91 Å². The van der Waals surface area contributed by atoms with Crippen LogP contribution in [0.1, 0.15) is 42.5 Å². The van der Waals surface area contributed by atoms with E-state index < -0.39 is 0 Å². The Hall–Kier alpha value is -2.73. The van der Waals surface area contributed by atoms with Crippen LogP contribution in [-0.4, -0.2) is 16.9 Å². The summed E-state index contributed by atoms with van der Waals surface area (Å²) in [6.45, 7) is 0. The minimum atomic E-state index is -0.245. The van der Waals surface area contributed by atoms with E-state index in [1.165, 1.54) is 6.42 Å². The van der Waals surface area contributed by atoms with E-state index in [2.05, 4.69) is 16.0 Å². The van der Waals surface area contributed by atoms with Crippen molar-refractivity contribution in [3.05, 3.63) is 60.2 Å². The van der Waals surface area contributed by atoms with E-state index in [1.807, 2.05) is 36.4 Å². The first-order valence-electron chi connectivity index (χ1n) is 9.21. The molecule has 1 fully saturated rings. The minimum absolute atomic E-state index is 0.0233. The molecule has 3 rings (SSSR count). The second-order valence-corrected chi connectivity index (χ2v) is 7.05. The summed E-state index contributed by atoms with van der Waals surface area (Å²) in [6, 6.07) is 16.3. The quantitative estimate of drug-likeness (QED) is 0.690. The van der Waals surface area contributed by atoms with Crippen LogP contribution in [-0.2, 0) is 4.79 Å². The van der Waals surface area contributed by atoms with Gasteiger partial charge in [-0.2, -0.15) is 0 Å². The van der Waals surface area contributed by atoms with E-state index in [4.69, 9.17) is 12.2 Å². The molecule has 3 N–H and O–H groups in total. The van der Waals surface area contributed by atoms with E-state index in [-0.39, 0.29) is 22.8 Å². The summed E-state index contributed by atoms with van der Waals surface area (Å²) in [6.07, 6.45) is 5.17. The van der Waals surface area contributed by atoms with Gasteiger partial charge in [0.1, 0.15) is 0 Å². The maximum absolute atomic E-state index is 12.6. The Morgan fingerprint density at radius 1 is 0.852 bits per heavy atom. The SMILES string of the molecule is O=C(Nc1ccccc1)c1ccccc1NC(=S)NC(=O)C1CCCCC1. The number of thiocarbonyl (C=S) groups is 1. The Morgan fingerprint density at radius 2 is 1.52 bits per heavy atom. The van der Waals surface area contributed by atoms with Crippen molar-refractivity contribution in [3.8, 4) is 0 Å². The molecule has 5 nitrogen and oxygen atoms in total. The van der Waals surface area contributed by atoms with Gasteiger partial charge in [0.05, 0.1) is 11.3 Å². The zero-order chi connectivity index (χ0) is 19.1. The summed E-state index contributed by atoms with van der Waals surface area (Å²) in [5, 5.41) is 8.82. The van der Waals surface area contributed by atoms with Crippen LogP contribution < -0.4 is 16.0 Å². The third-order valence-electron chi connectivity index (χ3n) is 4.66. The first-order valence-corrected chi connectivity index (χ1v) is 9.61. The average Bonchev–Trinajstić information content (AvgIpc) is 2.69. The molecule has 0 spiro atoms. The molecule has 0 saturated heterocycles. The van der Waals surface area contributed by atoms with Crippen molar-refractivity contribution in [2.75, 3.05) is 10.6 Å². The number of para-hydroxylation sites is 2. The lowest BCUT2D eigenvalue weighted by Crippen LogP contribution is -2.39. The number of anilines is 2. The lowest BCUT2D eigenvalue weighted by molar-refractivity contribution is -0.124. The fourth-order valence-corrected chi connectivity index (χ4v) is 3.45. The highest BCUT2D eigenvalue weighted by atomic mass is 32.1. The van der Waals surface area contributed by atoms with Crippen molar-refractivity contribution in [2.24, 2.45) is 5.92 Å². The van der Waals surface area contributed by atoms with Gasteiger partial charge in [0.25, 0.3) is 5.91 Å². The second-order valence-electron chi connectivity index (χ2n) is 6.64. The summed E-state index contributed by atoms with van der Waals surface area (Å²) in [4.78, 5) is 24.9. The summed E-state index contributed by atoms with van der Waals surface area (Å²) in [5.74, 6) is -0.265. The molecule has 2 aromatic carbocycles. The molecule has 0 radical (unpaired) electrons. The van der Waals surface area contributed by atoms with Crippen molar-refractivity contribution >= 4 is 40.5 Å². The molecule has 1 aliphatic carbocycles. The van der Waals surface area contributed by atoms with Gasteiger partial charge in [0, 0.05) is 11.6 Å². The molecule has 0 heterocycles. The van der Waals surface area contributed by atoms with Gasteiger partial charge in [-0.05, 0) is 49.3 Å². The molecule has 140 valence electrons. The van der Waals surface area contributed by atoms with Crippen molar-refractivity contribution in [1.82, 2.24) is 5.32 Å². The van der Waals surface area contributed by atoms with Crippen LogP contribution in [0.4, 0.5) is 11.4 Å². The third-order valence-corrected chi connectivity index (χ3v) is 4.87. The number of carbonyl (C=O) groups excluding carboxylic acids is 2. The van der Waals surface area contributed by atoms with E-state index in [0.717, 1.165) is 25.7 Å². The fraction of sp³-hybridized carbons (Fsp3) is 0.286. The van der Waals surface area contributed by atoms with E-state index in [1.54, 1.807) is 18.2 Å². The number of rotatable bonds is 4. The average molecular weight is 382 g/mol. The molecule has 0 unspecified atom stereocenters. The van der Waals surface area contributed by atoms with Gasteiger partial charge in [-0.1, -0.05) is 49.6 Å². The number of carbonyl (C=O) groups is 2. The first-order chi connectivity index (χ1) is 13.1. The molecule has 2 aromatic rings. The Morgan fingerprint density at radius 3 is 2.26 bits per heavy atom. The molecule has 0 atom stereocenters. The van der Waals surface area contributed by atoms with Crippen molar-refractivity contribution in [3.63, 3.8) is 0 Å². The first kappa shape index (κ1) is 19.0. The van der Waals surface area contributed by atoms with E-state index >= 15 is 0 Å². The van der Waals surface area contributed by atoms with E-state index in [9.17, 15) is 9.59 Å². The van der Waals surface area contributed by atoms with E-state index in [0.29, 0.717) is 16.9 Å². The summed E-state index contributed by atoms with van der Waals surface area (Å²) >= 11 is 5.28. The summed E-state index contributed by atoms with van der Waals surface area (Å²) in [5.41, 5.74) is 1.72. The molecule has 1 aliphatic rings. The number of amides is 2. The smallest absolute Gasteiger partial charge is 0.257 e. The number of hydrogen-bond acceptors (Lipinski definition) is 3. The predicted octanol–water partition coefficient (Wildman–Crippen LogP) is 4.33. The zero-order valence-corrected chi connectivity index (χ0v) is 15.9. The Bertz CT molecular complexity index is 817. The number of hydrogen-bond donors (Lipinski definition) is 3. The fourth-order valence-electron chi connectivity index (χ4n) is 3.24. The predicted molar refractivity (Wildman–Crippen MR) is 112 cm³/mol. The van der Waals surface area contributed by atoms with Gasteiger partial charge in [-0.3, -0.25) is 9.59 Å². The Labute approximate surface area is 164 Å². The normalized spacial score (nSPS) is 14.2. The van der Waals surface area contributed by atoms with Crippen LogP contribution in [0.5, 0.6) is 0 Å². The zero-order valence-electron chi connectivity index (χ0n) is 15.0. The van der Waals surface area contributed by atoms with Gasteiger partial charge < -0.3 is 16.0 Å². The van der Waals surface area contributed by atoms with Gasteiger partial charge >= 0.3 is 0 Å². The third kappa shape index (κ3) is 5.37. The van der Waals surface area contributed by atoms with Crippen molar-refractivity contribution < 1.29 is 9.59 Å². The molecule has 1 saturated carbocycles. The summed E-state index contributed by atoms with van der Waals surface area (Å²) < 4.78 is 0. The van der Waals surface area contributed by atoms with Gasteiger partial charge in [-0.15, -0.1) is 0 Å². The molecule has 0 aromatic heterocycles. The Balaban J connectivity index is 1.63. The molecule has 27 heavy (non-hydrogen) atoms. The van der Waals surface area contributed by atoms with Crippen LogP contribution in [0.25, 0.3) is 0 Å². The summed E-state index contributed by atoms with van der Waals surface area (Å²) in [7, 11) is 0. The molecular formula is C21H23N3O2S. The lowest BCUT2D eigenvalue weighted by Gasteiger charge is -2.21. The molecule has 2 amide bonds. The maximum Gasteiger partial charge on any atom is 0.257 e. The number of benzene rings is 2. The number of nitrogens with one attached hydrogen (secondary N) is 3. The van der Waals surface area contributed by atoms with Crippen LogP contribution in [0.15, 0.2) is 54.6 Å².